The van der Waals surface area contributed by atoms with E-state index in [2.05, 4.69) is 5.32 Å². The van der Waals surface area contributed by atoms with Crippen LogP contribution in [-0.4, -0.2) is 11.8 Å². The minimum absolute atomic E-state index is 0.187. The molecular formula is C24H23FN2O2. The Morgan fingerprint density at radius 3 is 2.24 bits per heavy atom. The van der Waals surface area contributed by atoms with Gasteiger partial charge in [0.2, 0.25) is 11.8 Å². The normalized spacial score (nSPS) is 11.7. The monoisotopic (exact) mass is 390 g/mol. The first kappa shape index (κ1) is 20.3. The number of nitrogens with two attached hydrogens (primary N) is 1. The van der Waals surface area contributed by atoms with Crippen molar-refractivity contribution in [3.63, 3.8) is 0 Å². The smallest absolute Gasteiger partial charge is 0.229 e. The lowest BCUT2D eigenvalue weighted by Crippen LogP contribution is -2.24. The molecule has 0 saturated heterocycles. The maximum absolute atomic E-state index is 13.4. The van der Waals surface area contributed by atoms with Crippen molar-refractivity contribution in [2.75, 3.05) is 5.32 Å². The van der Waals surface area contributed by atoms with Gasteiger partial charge in [-0.15, -0.1) is 0 Å². The number of para-hydroxylation sites is 1. The summed E-state index contributed by atoms with van der Waals surface area (Å²) in [5, 5.41) is 2.85. The molecule has 148 valence electrons. The van der Waals surface area contributed by atoms with Crippen LogP contribution in [0.5, 0.6) is 0 Å². The van der Waals surface area contributed by atoms with Crippen molar-refractivity contribution in [1.29, 1.82) is 0 Å². The third-order valence-electron chi connectivity index (χ3n) is 4.84. The molecule has 3 aromatic rings. The third-order valence-corrected chi connectivity index (χ3v) is 4.84. The standard InChI is InChI=1S/C24H23FN2O2/c1-14-12-15(2)22(23(24(26)29)17-8-10-18(25)11-9-17)20(13-14)19-6-4-5-7-21(19)27-16(3)28/h4-13,23H,1-3H3,(H2,26,29)(H,27,28). The molecule has 0 fully saturated rings. The molecule has 29 heavy (non-hydrogen) atoms. The topological polar surface area (TPSA) is 72.2 Å². The maximum atomic E-state index is 13.4. The molecule has 0 aliphatic carbocycles. The van der Waals surface area contributed by atoms with Crippen molar-refractivity contribution in [1.82, 2.24) is 0 Å². The van der Waals surface area contributed by atoms with Gasteiger partial charge in [0, 0.05) is 18.2 Å². The van der Waals surface area contributed by atoms with Crippen LogP contribution in [0.15, 0.2) is 60.7 Å². The fourth-order valence-electron chi connectivity index (χ4n) is 3.73. The molecule has 0 aromatic heterocycles. The quantitative estimate of drug-likeness (QED) is 0.664. The van der Waals surface area contributed by atoms with Crippen LogP contribution in [0.25, 0.3) is 11.1 Å². The van der Waals surface area contributed by atoms with Crippen LogP contribution in [0.2, 0.25) is 0 Å². The summed E-state index contributed by atoms with van der Waals surface area (Å²) in [5.74, 6) is -1.85. The molecule has 2 amide bonds. The van der Waals surface area contributed by atoms with Crippen LogP contribution in [-0.2, 0) is 9.59 Å². The van der Waals surface area contributed by atoms with Gasteiger partial charge in [0.15, 0.2) is 0 Å². The van der Waals surface area contributed by atoms with E-state index >= 15 is 0 Å². The Hall–Kier alpha value is -3.47. The molecule has 3 rings (SSSR count). The van der Waals surface area contributed by atoms with Crippen molar-refractivity contribution in [2.45, 2.75) is 26.7 Å². The van der Waals surface area contributed by atoms with E-state index in [1.807, 2.05) is 50.2 Å². The van der Waals surface area contributed by atoms with Gasteiger partial charge in [-0.25, -0.2) is 4.39 Å². The van der Waals surface area contributed by atoms with Gasteiger partial charge in [0.25, 0.3) is 0 Å². The second-order valence-corrected chi connectivity index (χ2v) is 7.16. The van der Waals surface area contributed by atoms with Crippen LogP contribution in [0.1, 0.15) is 35.1 Å². The summed E-state index contributed by atoms with van der Waals surface area (Å²) < 4.78 is 13.4. The van der Waals surface area contributed by atoms with Gasteiger partial charge in [-0.3, -0.25) is 9.59 Å². The molecule has 4 nitrogen and oxygen atoms in total. The molecular weight excluding hydrogens is 367 g/mol. The highest BCUT2D eigenvalue weighted by atomic mass is 19.1. The Bertz CT molecular complexity index is 1070. The molecule has 0 heterocycles. The zero-order chi connectivity index (χ0) is 21.1. The van der Waals surface area contributed by atoms with Gasteiger partial charge in [-0.2, -0.15) is 0 Å². The number of carbonyl (C=O) groups excluding carboxylic acids is 2. The summed E-state index contributed by atoms with van der Waals surface area (Å²) >= 11 is 0. The number of nitrogens with one attached hydrogen (secondary N) is 1. The first-order valence-corrected chi connectivity index (χ1v) is 9.31. The van der Waals surface area contributed by atoms with Gasteiger partial charge >= 0.3 is 0 Å². The molecule has 0 aliphatic heterocycles. The van der Waals surface area contributed by atoms with Crippen LogP contribution in [0, 0.1) is 19.7 Å². The summed E-state index contributed by atoms with van der Waals surface area (Å²) in [4.78, 5) is 24.2. The summed E-state index contributed by atoms with van der Waals surface area (Å²) in [6, 6.07) is 17.2. The number of hydrogen-bond donors (Lipinski definition) is 2. The van der Waals surface area contributed by atoms with E-state index in [9.17, 15) is 14.0 Å². The highest BCUT2D eigenvalue weighted by Gasteiger charge is 2.26. The van der Waals surface area contributed by atoms with Crippen molar-refractivity contribution in [3.05, 3.63) is 88.7 Å². The van der Waals surface area contributed by atoms with Gasteiger partial charge < -0.3 is 11.1 Å². The average molecular weight is 390 g/mol. The lowest BCUT2D eigenvalue weighted by atomic mass is 9.81. The van der Waals surface area contributed by atoms with E-state index in [1.54, 1.807) is 12.1 Å². The number of amides is 2. The number of aryl methyl sites for hydroxylation is 2. The third kappa shape index (κ3) is 4.35. The van der Waals surface area contributed by atoms with Crippen LogP contribution in [0.3, 0.4) is 0 Å². The fraction of sp³-hybridized carbons (Fsp3) is 0.167. The second-order valence-electron chi connectivity index (χ2n) is 7.16. The molecule has 0 aliphatic rings. The second kappa shape index (κ2) is 8.27. The Morgan fingerprint density at radius 1 is 0.966 bits per heavy atom. The number of anilines is 1. The van der Waals surface area contributed by atoms with Gasteiger partial charge in [-0.05, 0) is 54.3 Å². The van der Waals surface area contributed by atoms with Crippen LogP contribution in [0.4, 0.5) is 10.1 Å². The van der Waals surface area contributed by atoms with Crippen molar-refractivity contribution in [3.8, 4) is 11.1 Å². The number of carbonyl (C=O) groups is 2. The predicted molar refractivity (Wildman–Crippen MR) is 113 cm³/mol. The molecule has 0 bridgehead atoms. The number of benzene rings is 3. The SMILES string of the molecule is CC(=O)Nc1ccccc1-c1cc(C)cc(C)c1C(C(N)=O)c1ccc(F)cc1. The molecule has 1 unspecified atom stereocenters. The van der Waals surface area contributed by atoms with Gasteiger partial charge in [-0.1, -0.05) is 48.0 Å². The van der Waals surface area contributed by atoms with E-state index in [1.165, 1.54) is 19.1 Å². The predicted octanol–water partition coefficient (Wildman–Crippen LogP) is 4.69. The van der Waals surface area contributed by atoms with E-state index in [0.29, 0.717) is 11.3 Å². The van der Waals surface area contributed by atoms with Crippen LogP contribution < -0.4 is 11.1 Å². The van der Waals surface area contributed by atoms with E-state index in [4.69, 9.17) is 5.73 Å². The van der Waals surface area contributed by atoms with Gasteiger partial charge in [0.1, 0.15) is 5.82 Å². The number of halogens is 1. The Morgan fingerprint density at radius 2 is 1.62 bits per heavy atom. The molecule has 0 radical (unpaired) electrons. The summed E-state index contributed by atoms with van der Waals surface area (Å²) in [6.07, 6.45) is 0. The van der Waals surface area contributed by atoms with E-state index < -0.39 is 11.8 Å². The van der Waals surface area contributed by atoms with Gasteiger partial charge in [0.05, 0.1) is 5.92 Å². The van der Waals surface area contributed by atoms with Crippen molar-refractivity contribution in [2.24, 2.45) is 5.73 Å². The molecule has 0 spiro atoms. The molecule has 1 atom stereocenters. The molecule has 0 saturated carbocycles. The Labute approximate surface area is 169 Å². The van der Waals surface area contributed by atoms with Crippen LogP contribution >= 0.6 is 0 Å². The highest BCUT2D eigenvalue weighted by Crippen LogP contribution is 2.39. The average Bonchev–Trinajstić information content (AvgIpc) is 2.64. The minimum atomic E-state index is -0.753. The first-order chi connectivity index (χ1) is 13.8. The number of rotatable bonds is 5. The molecule has 3 aromatic carbocycles. The van der Waals surface area contributed by atoms with E-state index in [0.717, 1.165) is 27.8 Å². The number of primary amides is 1. The maximum Gasteiger partial charge on any atom is 0.229 e. The Balaban J connectivity index is 2.29. The highest BCUT2D eigenvalue weighted by molar-refractivity contribution is 5.96. The van der Waals surface area contributed by atoms with E-state index in [-0.39, 0.29) is 11.7 Å². The zero-order valence-electron chi connectivity index (χ0n) is 16.6. The molecule has 3 N–H and O–H groups in total. The van der Waals surface area contributed by atoms with Crippen molar-refractivity contribution < 1.29 is 14.0 Å². The number of hydrogen-bond acceptors (Lipinski definition) is 2. The summed E-state index contributed by atoms with van der Waals surface area (Å²) in [5.41, 5.74) is 11.3. The van der Waals surface area contributed by atoms with Crippen molar-refractivity contribution >= 4 is 17.5 Å². The lowest BCUT2D eigenvalue weighted by molar-refractivity contribution is -0.118. The summed E-state index contributed by atoms with van der Waals surface area (Å²) in [7, 11) is 0. The Kier molecular flexibility index (Phi) is 5.78. The lowest BCUT2D eigenvalue weighted by Gasteiger charge is -2.23. The fourth-order valence-corrected chi connectivity index (χ4v) is 3.73. The first-order valence-electron chi connectivity index (χ1n) is 9.31. The minimum Gasteiger partial charge on any atom is -0.369 e. The largest absolute Gasteiger partial charge is 0.369 e. The molecule has 5 heteroatoms. The zero-order valence-corrected chi connectivity index (χ0v) is 16.6. The summed E-state index contributed by atoms with van der Waals surface area (Å²) in [6.45, 7) is 5.34.